The normalized spacial score (nSPS) is 11.0. The highest BCUT2D eigenvalue weighted by Gasteiger charge is 2.17. The summed E-state index contributed by atoms with van der Waals surface area (Å²) in [5.74, 6) is 1.14. The first kappa shape index (κ1) is 17.7. The summed E-state index contributed by atoms with van der Waals surface area (Å²) in [6.45, 7) is 0. The number of aromatic nitrogens is 3. The number of hydrogen-bond acceptors (Lipinski definition) is 5. The molecule has 0 atom stereocenters. The van der Waals surface area contributed by atoms with E-state index in [1.54, 1.807) is 18.3 Å². The average Bonchev–Trinajstić information content (AvgIpc) is 3.26. The minimum atomic E-state index is -0.309. The third-order valence-electron chi connectivity index (χ3n) is 3.85. The number of thioether (sulfide) groups is 1. The number of anilines is 1. The van der Waals surface area contributed by atoms with Crippen LogP contribution in [-0.4, -0.2) is 26.0 Å². The molecule has 0 saturated heterocycles. The highest BCUT2D eigenvalue weighted by molar-refractivity contribution is 7.99. The first-order chi connectivity index (χ1) is 13.2. The van der Waals surface area contributed by atoms with E-state index in [9.17, 15) is 9.18 Å². The van der Waals surface area contributed by atoms with Crippen molar-refractivity contribution in [3.63, 3.8) is 0 Å². The van der Waals surface area contributed by atoms with Gasteiger partial charge in [-0.05, 0) is 36.4 Å². The lowest BCUT2D eigenvalue weighted by atomic mass is 10.1. The lowest BCUT2D eigenvalue weighted by Crippen LogP contribution is -2.16. The van der Waals surface area contributed by atoms with E-state index in [0.29, 0.717) is 23.0 Å². The molecule has 0 aliphatic carbocycles. The topological polar surface area (TPSA) is 59.3 Å². The molecule has 3 aromatic heterocycles. The van der Waals surface area contributed by atoms with Crippen LogP contribution in [0.15, 0.2) is 60.2 Å². The molecule has 8 heteroatoms. The largest absolute Gasteiger partial charge is 0.309 e. The van der Waals surface area contributed by atoms with E-state index in [2.05, 4.69) is 15.3 Å². The summed E-state index contributed by atoms with van der Waals surface area (Å²) in [4.78, 5) is 22.1. The maximum absolute atomic E-state index is 13.2. The second kappa shape index (κ2) is 7.89. The molecule has 4 aromatic rings. The van der Waals surface area contributed by atoms with Gasteiger partial charge in [0, 0.05) is 29.1 Å². The molecule has 0 radical (unpaired) electrons. The van der Waals surface area contributed by atoms with Gasteiger partial charge >= 0.3 is 0 Å². The molecule has 4 rings (SSSR count). The van der Waals surface area contributed by atoms with Gasteiger partial charge in [-0.3, -0.25) is 14.2 Å². The molecule has 0 saturated carbocycles. The Kier molecular flexibility index (Phi) is 5.17. The number of amides is 1. The van der Waals surface area contributed by atoms with E-state index < -0.39 is 0 Å². The number of thiazole rings is 1. The second-order valence-corrected chi connectivity index (χ2v) is 7.59. The Balaban J connectivity index is 1.50. The molecule has 136 valence electrons. The molecule has 0 bridgehead atoms. The van der Waals surface area contributed by atoms with Gasteiger partial charge in [0.1, 0.15) is 17.3 Å². The number of fused-ring (bicyclic) bond motifs is 1. The van der Waals surface area contributed by atoms with Crippen LogP contribution >= 0.6 is 23.1 Å². The Labute approximate surface area is 163 Å². The highest BCUT2D eigenvalue weighted by atomic mass is 32.2. The molecule has 0 spiro atoms. The summed E-state index contributed by atoms with van der Waals surface area (Å²) in [5, 5.41) is 4.86. The van der Waals surface area contributed by atoms with Crippen molar-refractivity contribution in [1.29, 1.82) is 0 Å². The standard InChI is InChI=1S/C19H15FN4OS2/c20-14-6-4-13(5-7-14)17-18(24-9-10-27-19(24)23-17)22-16(25)12-26-11-15-3-1-2-8-21-15/h1-10H,11-12H2,(H,22,25). The second-order valence-electron chi connectivity index (χ2n) is 5.73. The number of rotatable bonds is 6. The van der Waals surface area contributed by atoms with Crippen LogP contribution in [-0.2, 0) is 10.5 Å². The number of carbonyl (C=O) groups excluding carboxylic acids is 1. The molecule has 0 aliphatic rings. The maximum Gasteiger partial charge on any atom is 0.235 e. The lowest BCUT2D eigenvalue weighted by molar-refractivity contribution is -0.113. The molecule has 1 N–H and O–H groups in total. The Morgan fingerprint density at radius 3 is 2.85 bits per heavy atom. The Bertz CT molecular complexity index is 1060. The van der Waals surface area contributed by atoms with Crippen molar-refractivity contribution in [2.75, 3.05) is 11.1 Å². The fourth-order valence-electron chi connectivity index (χ4n) is 2.61. The fraction of sp³-hybridized carbons (Fsp3) is 0.105. The molecule has 0 unspecified atom stereocenters. The molecule has 27 heavy (non-hydrogen) atoms. The van der Waals surface area contributed by atoms with E-state index in [-0.39, 0.29) is 11.7 Å². The highest BCUT2D eigenvalue weighted by Crippen LogP contribution is 2.31. The summed E-state index contributed by atoms with van der Waals surface area (Å²) in [5.41, 5.74) is 2.32. The predicted octanol–water partition coefficient (Wildman–Crippen LogP) is 4.47. The van der Waals surface area contributed by atoms with Crippen molar-refractivity contribution in [3.05, 3.63) is 71.7 Å². The number of pyridine rings is 1. The van der Waals surface area contributed by atoms with Crippen molar-refractivity contribution in [3.8, 4) is 11.3 Å². The van der Waals surface area contributed by atoms with Crippen LogP contribution < -0.4 is 5.32 Å². The summed E-state index contributed by atoms with van der Waals surface area (Å²) in [6, 6.07) is 11.8. The van der Waals surface area contributed by atoms with Gasteiger partial charge in [-0.1, -0.05) is 6.07 Å². The number of hydrogen-bond donors (Lipinski definition) is 1. The molecular formula is C19H15FN4OS2. The summed E-state index contributed by atoms with van der Waals surface area (Å²) < 4.78 is 15.1. The van der Waals surface area contributed by atoms with Crippen molar-refractivity contribution < 1.29 is 9.18 Å². The van der Waals surface area contributed by atoms with Crippen LogP contribution in [0.3, 0.4) is 0 Å². The summed E-state index contributed by atoms with van der Waals surface area (Å²) in [6.07, 6.45) is 3.60. The van der Waals surface area contributed by atoms with Crippen LogP contribution in [0.1, 0.15) is 5.69 Å². The van der Waals surface area contributed by atoms with Crippen molar-refractivity contribution in [2.45, 2.75) is 5.75 Å². The van der Waals surface area contributed by atoms with Crippen molar-refractivity contribution in [1.82, 2.24) is 14.4 Å². The van der Waals surface area contributed by atoms with Gasteiger partial charge < -0.3 is 5.32 Å². The SMILES string of the molecule is O=C(CSCc1ccccn1)Nc1c(-c2ccc(F)cc2)nc2sccn12. The van der Waals surface area contributed by atoms with Gasteiger partial charge in [0.05, 0.1) is 11.4 Å². The van der Waals surface area contributed by atoms with Gasteiger partial charge in [0.2, 0.25) is 5.91 Å². The van der Waals surface area contributed by atoms with Crippen molar-refractivity contribution in [2.24, 2.45) is 0 Å². The molecule has 3 heterocycles. The van der Waals surface area contributed by atoms with Gasteiger partial charge in [-0.2, -0.15) is 0 Å². The number of halogens is 1. The van der Waals surface area contributed by atoms with Crippen LogP contribution in [0.2, 0.25) is 0 Å². The van der Waals surface area contributed by atoms with E-state index >= 15 is 0 Å². The Morgan fingerprint density at radius 2 is 2.07 bits per heavy atom. The summed E-state index contributed by atoms with van der Waals surface area (Å²) in [7, 11) is 0. The third kappa shape index (κ3) is 4.01. The smallest absolute Gasteiger partial charge is 0.235 e. The van der Waals surface area contributed by atoms with Gasteiger partial charge in [-0.25, -0.2) is 9.37 Å². The van der Waals surface area contributed by atoms with Crippen LogP contribution in [0.25, 0.3) is 16.2 Å². The fourth-order valence-corrected chi connectivity index (χ4v) is 4.07. The minimum Gasteiger partial charge on any atom is -0.309 e. The zero-order valence-electron chi connectivity index (χ0n) is 14.1. The average molecular weight is 398 g/mol. The minimum absolute atomic E-state index is 0.118. The van der Waals surface area contributed by atoms with Gasteiger partial charge in [0.25, 0.3) is 0 Å². The van der Waals surface area contributed by atoms with Gasteiger partial charge in [-0.15, -0.1) is 23.1 Å². The maximum atomic E-state index is 13.2. The number of benzene rings is 1. The van der Waals surface area contributed by atoms with E-state index in [1.807, 2.05) is 34.2 Å². The molecule has 1 aromatic carbocycles. The number of nitrogens with zero attached hydrogens (tertiary/aromatic N) is 3. The summed E-state index contributed by atoms with van der Waals surface area (Å²) >= 11 is 2.97. The number of carbonyl (C=O) groups is 1. The molecular weight excluding hydrogens is 383 g/mol. The Hall–Kier alpha value is -2.71. The molecule has 0 aliphatic heterocycles. The molecule has 0 fully saturated rings. The lowest BCUT2D eigenvalue weighted by Gasteiger charge is -2.07. The van der Waals surface area contributed by atoms with Crippen LogP contribution in [0, 0.1) is 5.82 Å². The zero-order chi connectivity index (χ0) is 18.6. The molecule has 1 amide bonds. The monoisotopic (exact) mass is 398 g/mol. The first-order valence-corrected chi connectivity index (χ1v) is 10.2. The van der Waals surface area contributed by atoms with Crippen LogP contribution in [0.5, 0.6) is 0 Å². The molecule has 5 nitrogen and oxygen atoms in total. The van der Waals surface area contributed by atoms with Crippen LogP contribution in [0.4, 0.5) is 10.2 Å². The predicted molar refractivity (Wildman–Crippen MR) is 107 cm³/mol. The first-order valence-electron chi connectivity index (χ1n) is 8.20. The van der Waals surface area contributed by atoms with Gasteiger partial charge in [0.15, 0.2) is 4.96 Å². The number of nitrogens with one attached hydrogen (secondary N) is 1. The quantitative estimate of drug-likeness (QED) is 0.521. The van der Waals surface area contributed by atoms with E-state index in [4.69, 9.17) is 0 Å². The zero-order valence-corrected chi connectivity index (χ0v) is 15.8. The van der Waals surface area contributed by atoms with Crippen molar-refractivity contribution >= 4 is 39.8 Å². The van der Waals surface area contributed by atoms with E-state index in [0.717, 1.165) is 16.2 Å². The Morgan fingerprint density at radius 1 is 1.22 bits per heavy atom. The van der Waals surface area contributed by atoms with E-state index in [1.165, 1.54) is 35.2 Å². The number of imidazole rings is 1. The third-order valence-corrected chi connectivity index (χ3v) is 5.57.